The highest BCUT2D eigenvalue weighted by atomic mass is 32.2. The van der Waals surface area contributed by atoms with Gasteiger partial charge in [0.15, 0.2) is 15.6 Å². The molecule has 4 heteroatoms. The summed E-state index contributed by atoms with van der Waals surface area (Å²) in [5, 5.41) is 0. The van der Waals surface area contributed by atoms with Crippen LogP contribution in [0.4, 0.5) is 0 Å². The summed E-state index contributed by atoms with van der Waals surface area (Å²) >= 11 is 0. The summed E-state index contributed by atoms with van der Waals surface area (Å²) in [5.74, 6) is -0.484. The van der Waals surface area contributed by atoms with Crippen LogP contribution in [0.25, 0.3) is 0 Å². The number of rotatable bonds is 4. The molecular formula is C12H14O3S. The zero-order chi connectivity index (χ0) is 11.8. The van der Waals surface area contributed by atoms with Crippen LogP contribution in [0.1, 0.15) is 18.4 Å². The molecule has 0 spiro atoms. The van der Waals surface area contributed by atoms with Gasteiger partial charge in [-0.15, -0.1) is 0 Å². The van der Waals surface area contributed by atoms with Crippen LogP contribution >= 0.6 is 0 Å². The number of aryl methyl sites for hydroxylation is 1. The number of benzene rings is 1. The number of hydrogen-bond acceptors (Lipinski definition) is 3. The van der Waals surface area contributed by atoms with Gasteiger partial charge in [-0.3, -0.25) is 4.79 Å². The number of Topliss-reactive ketones (excluding diaryl/α,β-unsaturated/α-hetero) is 1. The molecule has 86 valence electrons. The summed E-state index contributed by atoms with van der Waals surface area (Å²) in [6.07, 6.45) is 1.70. The molecule has 0 saturated heterocycles. The molecular weight excluding hydrogens is 224 g/mol. The molecule has 3 nitrogen and oxygen atoms in total. The van der Waals surface area contributed by atoms with E-state index in [0.29, 0.717) is 0 Å². The Morgan fingerprint density at radius 1 is 1.38 bits per heavy atom. The second kappa shape index (κ2) is 4.01. The van der Waals surface area contributed by atoms with E-state index >= 15 is 0 Å². The topological polar surface area (TPSA) is 51.2 Å². The Bertz CT molecular complexity index is 513. The van der Waals surface area contributed by atoms with Gasteiger partial charge in [-0.05, 0) is 37.5 Å². The van der Waals surface area contributed by atoms with Crippen molar-refractivity contribution in [1.82, 2.24) is 0 Å². The van der Waals surface area contributed by atoms with Crippen LogP contribution in [0, 0.1) is 12.8 Å². The highest BCUT2D eigenvalue weighted by Gasteiger charge is 2.32. The number of sulfone groups is 1. The van der Waals surface area contributed by atoms with Gasteiger partial charge in [-0.25, -0.2) is 8.42 Å². The lowest BCUT2D eigenvalue weighted by Gasteiger charge is -2.04. The van der Waals surface area contributed by atoms with Gasteiger partial charge >= 0.3 is 0 Å². The van der Waals surface area contributed by atoms with Crippen molar-refractivity contribution in [2.24, 2.45) is 5.92 Å². The second-order valence-electron chi connectivity index (χ2n) is 4.32. The molecule has 1 saturated carbocycles. The van der Waals surface area contributed by atoms with Crippen molar-refractivity contribution in [2.75, 3.05) is 5.75 Å². The van der Waals surface area contributed by atoms with E-state index < -0.39 is 9.84 Å². The predicted octanol–water partition coefficient (Wildman–Crippen LogP) is 1.75. The highest BCUT2D eigenvalue weighted by Crippen LogP contribution is 2.30. The largest absolute Gasteiger partial charge is 0.298 e. The first-order valence-electron chi connectivity index (χ1n) is 5.31. The van der Waals surface area contributed by atoms with E-state index in [1.807, 2.05) is 13.0 Å². The molecule has 0 atom stereocenters. The van der Waals surface area contributed by atoms with E-state index in [-0.39, 0.29) is 22.3 Å². The summed E-state index contributed by atoms with van der Waals surface area (Å²) in [7, 11) is -3.44. The molecule has 0 unspecified atom stereocenters. The molecule has 0 aliphatic heterocycles. The monoisotopic (exact) mass is 238 g/mol. The summed E-state index contributed by atoms with van der Waals surface area (Å²) in [5.41, 5.74) is 0.889. The van der Waals surface area contributed by atoms with Gasteiger partial charge in [0.05, 0.1) is 4.90 Å². The predicted molar refractivity (Wildman–Crippen MR) is 61.0 cm³/mol. The minimum Gasteiger partial charge on any atom is -0.298 e. The average molecular weight is 238 g/mol. The van der Waals surface area contributed by atoms with Gasteiger partial charge in [0.1, 0.15) is 5.75 Å². The normalized spacial score (nSPS) is 16.1. The fraction of sp³-hybridized carbons (Fsp3) is 0.417. The van der Waals surface area contributed by atoms with Gasteiger partial charge in [-0.2, -0.15) is 0 Å². The Kier molecular flexibility index (Phi) is 2.84. The molecule has 0 radical (unpaired) electrons. The minimum atomic E-state index is -3.44. The van der Waals surface area contributed by atoms with E-state index in [0.717, 1.165) is 18.4 Å². The molecule has 0 bridgehead atoms. The van der Waals surface area contributed by atoms with Crippen LogP contribution in [0.2, 0.25) is 0 Å². The molecule has 1 fully saturated rings. The first-order valence-corrected chi connectivity index (χ1v) is 6.96. The van der Waals surface area contributed by atoms with E-state index in [1.165, 1.54) is 0 Å². The quantitative estimate of drug-likeness (QED) is 0.803. The number of carbonyl (C=O) groups is 1. The van der Waals surface area contributed by atoms with Crippen LogP contribution in [0.15, 0.2) is 29.2 Å². The number of ketones is 1. The van der Waals surface area contributed by atoms with Gasteiger partial charge in [0.2, 0.25) is 0 Å². The fourth-order valence-corrected chi connectivity index (χ4v) is 3.03. The number of hydrogen-bond donors (Lipinski definition) is 0. The zero-order valence-corrected chi connectivity index (χ0v) is 9.96. The molecule has 2 rings (SSSR count). The van der Waals surface area contributed by atoms with Crippen molar-refractivity contribution in [3.8, 4) is 0 Å². The van der Waals surface area contributed by atoms with Gasteiger partial charge < -0.3 is 0 Å². The smallest absolute Gasteiger partial charge is 0.185 e. The Hall–Kier alpha value is -1.16. The third-order valence-corrected chi connectivity index (χ3v) is 4.35. The van der Waals surface area contributed by atoms with E-state index in [9.17, 15) is 13.2 Å². The van der Waals surface area contributed by atoms with E-state index in [1.54, 1.807) is 18.2 Å². The third kappa shape index (κ3) is 2.50. The second-order valence-corrected chi connectivity index (χ2v) is 6.31. The van der Waals surface area contributed by atoms with Crippen molar-refractivity contribution in [3.05, 3.63) is 29.8 Å². The van der Waals surface area contributed by atoms with Crippen molar-refractivity contribution in [2.45, 2.75) is 24.7 Å². The van der Waals surface area contributed by atoms with Crippen molar-refractivity contribution < 1.29 is 13.2 Å². The van der Waals surface area contributed by atoms with Crippen LogP contribution < -0.4 is 0 Å². The molecule has 1 aromatic rings. The molecule has 0 aromatic heterocycles. The zero-order valence-electron chi connectivity index (χ0n) is 9.14. The van der Waals surface area contributed by atoms with Gasteiger partial charge in [0, 0.05) is 5.92 Å². The van der Waals surface area contributed by atoms with Crippen LogP contribution in [0.3, 0.4) is 0 Å². The summed E-state index contributed by atoms with van der Waals surface area (Å²) < 4.78 is 23.8. The minimum absolute atomic E-state index is 0.000385. The van der Waals surface area contributed by atoms with Crippen LogP contribution in [-0.4, -0.2) is 20.0 Å². The van der Waals surface area contributed by atoms with Crippen molar-refractivity contribution in [1.29, 1.82) is 0 Å². The Labute approximate surface area is 95.4 Å². The first kappa shape index (κ1) is 11.3. The molecule has 1 aliphatic carbocycles. The van der Waals surface area contributed by atoms with E-state index in [4.69, 9.17) is 0 Å². The molecule has 16 heavy (non-hydrogen) atoms. The Balaban J connectivity index is 2.21. The van der Waals surface area contributed by atoms with Crippen LogP contribution in [-0.2, 0) is 14.6 Å². The SMILES string of the molecule is Cc1cccc(S(=O)(=O)CC(=O)C2CC2)c1. The third-order valence-electron chi connectivity index (χ3n) is 2.71. The maximum absolute atomic E-state index is 11.9. The van der Waals surface area contributed by atoms with Crippen molar-refractivity contribution >= 4 is 15.6 Å². The lowest BCUT2D eigenvalue weighted by molar-refractivity contribution is -0.117. The lowest BCUT2D eigenvalue weighted by Crippen LogP contribution is -2.17. The molecule has 1 aliphatic rings. The summed E-state index contributed by atoms with van der Waals surface area (Å²) in [6, 6.07) is 6.68. The summed E-state index contributed by atoms with van der Waals surface area (Å²) in [4.78, 5) is 11.8. The average Bonchev–Trinajstić information content (AvgIpc) is 3.00. The standard InChI is InChI=1S/C12H14O3S/c1-9-3-2-4-11(7-9)16(14,15)8-12(13)10-5-6-10/h2-4,7,10H,5-6,8H2,1H3. The fourth-order valence-electron chi connectivity index (χ4n) is 1.60. The first-order chi connectivity index (χ1) is 7.49. The number of carbonyl (C=O) groups excluding carboxylic acids is 1. The van der Waals surface area contributed by atoms with Gasteiger partial charge in [0.25, 0.3) is 0 Å². The highest BCUT2D eigenvalue weighted by molar-refractivity contribution is 7.92. The Morgan fingerprint density at radius 2 is 2.06 bits per heavy atom. The van der Waals surface area contributed by atoms with Crippen LogP contribution in [0.5, 0.6) is 0 Å². The van der Waals surface area contributed by atoms with E-state index in [2.05, 4.69) is 0 Å². The molecule has 0 heterocycles. The lowest BCUT2D eigenvalue weighted by atomic mass is 10.2. The Morgan fingerprint density at radius 3 is 2.62 bits per heavy atom. The maximum Gasteiger partial charge on any atom is 0.185 e. The van der Waals surface area contributed by atoms with Crippen molar-refractivity contribution in [3.63, 3.8) is 0 Å². The van der Waals surface area contributed by atoms with Gasteiger partial charge in [-0.1, -0.05) is 12.1 Å². The molecule has 0 N–H and O–H groups in total. The summed E-state index contributed by atoms with van der Waals surface area (Å²) in [6.45, 7) is 1.84. The maximum atomic E-state index is 11.9. The molecule has 1 aromatic carbocycles. The molecule has 0 amide bonds.